The van der Waals surface area contributed by atoms with Crippen LogP contribution in [0.15, 0.2) is 23.8 Å². The van der Waals surface area contributed by atoms with Gasteiger partial charge in [-0.1, -0.05) is 40.7 Å². The molecule has 41 heavy (non-hydrogen) atoms. The Kier molecular flexibility index (Phi) is 5.91. The molecule has 0 radical (unpaired) electrons. The van der Waals surface area contributed by atoms with Crippen molar-refractivity contribution < 1.29 is 42.9 Å². The maximum atomic E-state index is 17.5. The molecule has 0 aromatic carbocycles. The van der Waals surface area contributed by atoms with Crippen LogP contribution in [0.4, 0.5) is 13.6 Å². The van der Waals surface area contributed by atoms with Crippen molar-refractivity contribution in [2.45, 2.75) is 110 Å². The van der Waals surface area contributed by atoms with Crippen LogP contribution in [0.5, 0.6) is 0 Å². The van der Waals surface area contributed by atoms with Crippen LogP contribution >= 0.6 is 0 Å². The van der Waals surface area contributed by atoms with E-state index in [0.29, 0.717) is 12.3 Å². The molecule has 5 fully saturated rings. The molecule has 7 nitrogen and oxygen atoms in total. The summed E-state index contributed by atoms with van der Waals surface area (Å²) in [6.45, 7) is 11.2. The van der Waals surface area contributed by atoms with Crippen molar-refractivity contribution in [2.24, 2.45) is 45.3 Å². The molecule has 0 spiro atoms. The number of fused-ring (bicyclic) bond motifs is 7. The van der Waals surface area contributed by atoms with Gasteiger partial charge in [0, 0.05) is 28.1 Å². The van der Waals surface area contributed by atoms with E-state index in [1.165, 1.54) is 19.1 Å². The van der Waals surface area contributed by atoms with Crippen LogP contribution in [0.3, 0.4) is 0 Å². The number of aliphatic hydroxyl groups excluding tert-OH is 1. The van der Waals surface area contributed by atoms with Gasteiger partial charge in [0.05, 0.1) is 6.10 Å². The SMILES string of the molecule is CC1C[C@H]2[C@@H]3C[C@H](F)C4=CC(=O)C=C[C@]4(C)C3(F)[C@@H](O)C[C@]2(C)C1(OC(=O)O[C@@H]1C[C@@H]2CC[C@@]1(C)C2(C)C)C(=O)O. The summed E-state index contributed by atoms with van der Waals surface area (Å²) in [7, 11) is 0. The van der Waals surface area contributed by atoms with E-state index in [2.05, 4.69) is 20.8 Å². The molecule has 2 bridgehead atoms. The van der Waals surface area contributed by atoms with E-state index in [1.807, 2.05) is 0 Å². The second kappa shape index (κ2) is 8.42. The Bertz CT molecular complexity index is 1280. The first-order chi connectivity index (χ1) is 18.9. The number of ether oxygens (including phenoxy) is 2. The number of halogens is 2. The quantitative estimate of drug-likeness (QED) is 0.412. The predicted octanol–water partition coefficient (Wildman–Crippen LogP) is 5.74. The highest BCUT2D eigenvalue weighted by atomic mass is 19.1. The molecule has 12 atom stereocenters. The minimum absolute atomic E-state index is 0.00375. The highest BCUT2D eigenvalue weighted by molar-refractivity contribution is 6.01. The molecule has 0 aromatic heterocycles. The van der Waals surface area contributed by atoms with Crippen molar-refractivity contribution in [2.75, 3.05) is 0 Å². The summed E-state index contributed by atoms with van der Waals surface area (Å²) in [5.41, 5.74) is -7.73. The van der Waals surface area contributed by atoms with E-state index in [1.54, 1.807) is 13.8 Å². The highest BCUT2D eigenvalue weighted by Gasteiger charge is 2.79. The van der Waals surface area contributed by atoms with Crippen molar-refractivity contribution >= 4 is 17.9 Å². The number of aliphatic hydroxyl groups is 1. The lowest BCUT2D eigenvalue weighted by Crippen LogP contribution is -2.71. The van der Waals surface area contributed by atoms with Crippen LogP contribution in [0, 0.1) is 45.3 Å². The molecule has 5 saturated carbocycles. The molecule has 6 aliphatic rings. The van der Waals surface area contributed by atoms with Gasteiger partial charge in [-0.25, -0.2) is 18.4 Å². The van der Waals surface area contributed by atoms with Gasteiger partial charge in [0.1, 0.15) is 12.3 Å². The molecule has 0 heterocycles. The maximum Gasteiger partial charge on any atom is 0.509 e. The number of carboxylic acid groups (broad SMARTS) is 1. The third kappa shape index (κ3) is 3.19. The van der Waals surface area contributed by atoms with E-state index in [9.17, 15) is 24.6 Å². The Morgan fingerprint density at radius 2 is 1.73 bits per heavy atom. The van der Waals surface area contributed by atoms with Crippen LogP contribution in [0.1, 0.15) is 80.1 Å². The number of carboxylic acids is 1. The first kappa shape index (κ1) is 28.8. The number of ketones is 1. The number of allylic oxidation sites excluding steroid dienone is 4. The van der Waals surface area contributed by atoms with Crippen LogP contribution in [0.2, 0.25) is 0 Å². The standard InChI is InChI=1S/C32H42F2O7/c1-16-11-19-20-14-22(33)21-13-18(35)8-10-28(21,4)31(20,34)23(36)15-30(19,6)32(16,25(37)38)41-26(39)40-24-12-17-7-9-29(24,5)27(17,2)3/h8,10,13,16-17,19-20,22-24,36H,7,9,11-12,14-15H2,1-6H3,(H,37,38)/t16?,17-,19-,20-,22-,23-,24+,28-,29+,30-,31?,32?/m0/s1. The van der Waals surface area contributed by atoms with Crippen molar-refractivity contribution in [3.8, 4) is 0 Å². The lowest BCUT2D eigenvalue weighted by molar-refractivity contribution is -0.232. The van der Waals surface area contributed by atoms with E-state index in [4.69, 9.17) is 9.47 Å². The fourth-order valence-corrected chi connectivity index (χ4v) is 10.8. The first-order valence-corrected chi connectivity index (χ1v) is 15.0. The van der Waals surface area contributed by atoms with Gasteiger partial charge in [-0.2, -0.15) is 0 Å². The average Bonchev–Trinajstić information content (AvgIpc) is 3.32. The zero-order chi connectivity index (χ0) is 30.1. The molecular weight excluding hydrogens is 534 g/mol. The molecule has 6 aliphatic carbocycles. The second-order valence-corrected chi connectivity index (χ2v) is 15.1. The van der Waals surface area contributed by atoms with Crippen LogP contribution in [-0.2, 0) is 19.1 Å². The average molecular weight is 577 g/mol. The molecule has 226 valence electrons. The molecule has 9 heteroatoms. The van der Waals surface area contributed by atoms with Crippen LogP contribution in [-0.4, -0.2) is 57.8 Å². The highest BCUT2D eigenvalue weighted by Crippen LogP contribution is 2.72. The zero-order valence-electron chi connectivity index (χ0n) is 24.7. The summed E-state index contributed by atoms with van der Waals surface area (Å²) in [6, 6.07) is 0. The van der Waals surface area contributed by atoms with Gasteiger partial charge in [0.2, 0.25) is 5.60 Å². The fourth-order valence-electron chi connectivity index (χ4n) is 10.8. The summed E-state index contributed by atoms with van der Waals surface area (Å²) < 4.78 is 45.0. The molecule has 0 aliphatic heterocycles. The van der Waals surface area contributed by atoms with Crippen LogP contribution in [0.25, 0.3) is 0 Å². The van der Waals surface area contributed by atoms with E-state index < -0.39 is 76.1 Å². The van der Waals surface area contributed by atoms with Gasteiger partial charge in [0.25, 0.3) is 0 Å². The van der Waals surface area contributed by atoms with Crippen molar-refractivity contribution in [3.63, 3.8) is 0 Å². The fraction of sp³-hybridized carbons (Fsp3) is 0.781. The van der Waals surface area contributed by atoms with Crippen molar-refractivity contribution in [3.05, 3.63) is 23.8 Å². The minimum atomic E-state index is -2.35. The Morgan fingerprint density at radius 1 is 1.05 bits per heavy atom. The van der Waals surface area contributed by atoms with E-state index in [0.717, 1.165) is 18.9 Å². The zero-order valence-corrected chi connectivity index (χ0v) is 24.7. The summed E-state index contributed by atoms with van der Waals surface area (Å²) in [5.74, 6) is -3.96. The number of carbonyl (C=O) groups is 3. The molecule has 6 rings (SSSR count). The number of carbonyl (C=O) groups excluding carboxylic acids is 2. The summed E-state index contributed by atoms with van der Waals surface area (Å²) in [4.78, 5) is 38.7. The molecule has 0 amide bonds. The number of hydrogen-bond donors (Lipinski definition) is 2. The smallest absolute Gasteiger partial charge is 0.478 e. The van der Waals surface area contributed by atoms with Crippen molar-refractivity contribution in [1.82, 2.24) is 0 Å². The molecular formula is C32H42F2O7. The Labute approximate surface area is 239 Å². The minimum Gasteiger partial charge on any atom is -0.478 e. The Balaban J connectivity index is 1.35. The van der Waals surface area contributed by atoms with Gasteiger partial charge in [-0.3, -0.25) is 4.79 Å². The third-order valence-electron chi connectivity index (χ3n) is 13.7. The van der Waals surface area contributed by atoms with E-state index >= 15 is 8.78 Å². The largest absolute Gasteiger partial charge is 0.509 e. The lowest BCUT2D eigenvalue weighted by atomic mass is 9.44. The van der Waals surface area contributed by atoms with Gasteiger partial charge in [-0.15, -0.1) is 0 Å². The second-order valence-electron chi connectivity index (χ2n) is 15.1. The van der Waals surface area contributed by atoms with Crippen molar-refractivity contribution in [1.29, 1.82) is 0 Å². The monoisotopic (exact) mass is 576 g/mol. The number of aliphatic carboxylic acids is 1. The Morgan fingerprint density at radius 3 is 2.32 bits per heavy atom. The van der Waals surface area contributed by atoms with Crippen LogP contribution < -0.4 is 0 Å². The summed E-state index contributed by atoms with van der Waals surface area (Å²) in [5, 5.41) is 22.3. The van der Waals surface area contributed by atoms with Gasteiger partial charge < -0.3 is 19.7 Å². The summed E-state index contributed by atoms with van der Waals surface area (Å²) in [6.07, 6.45) is 1.04. The van der Waals surface area contributed by atoms with Gasteiger partial charge >= 0.3 is 12.1 Å². The molecule has 2 N–H and O–H groups in total. The number of rotatable bonds is 3. The topological polar surface area (TPSA) is 110 Å². The van der Waals surface area contributed by atoms with E-state index in [-0.39, 0.29) is 35.7 Å². The third-order valence-corrected chi connectivity index (χ3v) is 13.7. The molecule has 0 saturated heterocycles. The van der Waals surface area contributed by atoms with Gasteiger partial charge in [-0.05, 0) is 80.4 Å². The molecule has 0 aromatic rings. The normalized spacial score (nSPS) is 52.8. The lowest BCUT2D eigenvalue weighted by Gasteiger charge is -2.62. The van der Waals surface area contributed by atoms with Gasteiger partial charge in [0.15, 0.2) is 11.5 Å². The molecule has 3 unspecified atom stereocenters. The first-order valence-electron chi connectivity index (χ1n) is 15.0. The maximum absolute atomic E-state index is 17.5. The number of alkyl halides is 2. The Hall–Kier alpha value is -2.29. The summed E-state index contributed by atoms with van der Waals surface area (Å²) >= 11 is 0. The predicted molar refractivity (Wildman–Crippen MR) is 144 cm³/mol. The number of hydrogen-bond acceptors (Lipinski definition) is 6.